The SMILES string of the molecule is CCc1nc2ccc(Br)cc2c(=O)n1N=Cc1cccc(OCC#N)c1. The van der Waals surface area contributed by atoms with Gasteiger partial charge in [0.2, 0.25) is 0 Å². The molecule has 0 saturated heterocycles. The highest BCUT2D eigenvalue weighted by atomic mass is 79.9. The fourth-order valence-electron chi connectivity index (χ4n) is 2.47. The topological polar surface area (TPSA) is 80.3 Å². The molecule has 0 bridgehead atoms. The van der Waals surface area contributed by atoms with Crippen molar-refractivity contribution in [3.05, 3.63) is 68.7 Å². The van der Waals surface area contributed by atoms with Gasteiger partial charge in [0.05, 0.1) is 17.1 Å². The maximum absolute atomic E-state index is 12.8. The fourth-order valence-corrected chi connectivity index (χ4v) is 2.83. The van der Waals surface area contributed by atoms with Crippen LogP contribution < -0.4 is 10.3 Å². The average molecular weight is 411 g/mol. The molecule has 7 heteroatoms. The molecule has 1 aromatic heterocycles. The second kappa shape index (κ2) is 7.93. The molecule has 3 aromatic rings. The predicted octanol–water partition coefficient (Wildman–Crippen LogP) is 3.51. The molecule has 6 nitrogen and oxygen atoms in total. The third kappa shape index (κ3) is 3.81. The molecule has 1 heterocycles. The van der Waals surface area contributed by atoms with Crippen LogP contribution in [0.4, 0.5) is 0 Å². The van der Waals surface area contributed by atoms with Crippen molar-refractivity contribution in [2.45, 2.75) is 13.3 Å². The Labute approximate surface area is 158 Å². The van der Waals surface area contributed by atoms with E-state index in [0.717, 1.165) is 10.0 Å². The van der Waals surface area contributed by atoms with Crippen LogP contribution in [-0.4, -0.2) is 22.5 Å². The molecule has 0 unspecified atom stereocenters. The highest BCUT2D eigenvalue weighted by Gasteiger charge is 2.09. The van der Waals surface area contributed by atoms with E-state index in [2.05, 4.69) is 26.0 Å². The van der Waals surface area contributed by atoms with Crippen LogP contribution in [0.5, 0.6) is 5.75 Å². The van der Waals surface area contributed by atoms with Crippen molar-refractivity contribution >= 4 is 33.0 Å². The van der Waals surface area contributed by atoms with Crippen molar-refractivity contribution < 1.29 is 4.74 Å². The molecular formula is C19H15BrN4O2. The Kier molecular flexibility index (Phi) is 5.44. The minimum atomic E-state index is -0.221. The second-order valence-corrected chi connectivity index (χ2v) is 6.34. The van der Waals surface area contributed by atoms with Crippen molar-refractivity contribution in [2.24, 2.45) is 5.10 Å². The highest BCUT2D eigenvalue weighted by Crippen LogP contribution is 2.16. The van der Waals surface area contributed by atoms with Gasteiger partial charge in [0.25, 0.3) is 5.56 Å². The first-order chi connectivity index (χ1) is 12.6. The first-order valence-electron chi connectivity index (χ1n) is 7.97. The maximum atomic E-state index is 12.8. The molecule has 26 heavy (non-hydrogen) atoms. The van der Waals surface area contributed by atoms with E-state index in [1.165, 1.54) is 4.68 Å². The van der Waals surface area contributed by atoms with E-state index in [1.54, 1.807) is 30.5 Å². The van der Waals surface area contributed by atoms with Crippen molar-refractivity contribution in [1.29, 1.82) is 5.26 Å². The van der Waals surface area contributed by atoms with Gasteiger partial charge in [0.1, 0.15) is 17.6 Å². The van der Waals surface area contributed by atoms with Crippen molar-refractivity contribution in [1.82, 2.24) is 9.66 Å². The summed E-state index contributed by atoms with van der Waals surface area (Å²) in [5.41, 5.74) is 1.18. The number of rotatable bonds is 5. The number of nitrogens with zero attached hydrogens (tertiary/aromatic N) is 4. The van der Waals surface area contributed by atoms with Gasteiger partial charge in [0, 0.05) is 10.9 Å². The van der Waals surface area contributed by atoms with E-state index in [0.29, 0.717) is 28.9 Å². The molecule has 0 aliphatic rings. The number of halogens is 1. The molecule has 0 aliphatic carbocycles. The van der Waals surface area contributed by atoms with Gasteiger partial charge in [-0.1, -0.05) is 35.0 Å². The number of nitriles is 1. The van der Waals surface area contributed by atoms with Crippen LogP contribution in [0.25, 0.3) is 10.9 Å². The van der Waals surface area contributed by atoms with Crippen LogP contribution in [0.3, 0.4) is 0 Å². The smallest absolute Gasteiger partial charge is 0.282 e. The Bertz CT molecular complexity index is 1080. The van der Waals surface area contributed by atoms with Gasteiger partial charge in [0.15, 0.2) is 6.61 Å². The number of aryl methyl sites for hydroxylation is 1. The molecule has 0 fully saturated rings. The quantitative estimate of drug-likeness (QED) is 0.602. The van der Waals surface area contributed by atoms with E-state index in [1.807, 2.05) is 31.2 Å². The number of aromatic nitrogens is 2. The van der Waals surface area contributed by atoms with E-state index >= 15 is 0 Å². The van der Waals surface area contributed by atoms with Gasteiger partial charge in [-0.25, -0.2) is 4.98 Å². The van der Waals surface area contributed by atoms with Gasteiger partial charge in [-0.2, -0.15) is 15.0 Å². The standard InChI is InChI=1S/C19H15BrN4O2/c1-2-18-23-17-7-6-14(20)11-16(17)19(25)24(18)22-12-13-4-3-5-15(10-13)26-9-8-21/h3-7,10-12H,2,9H2,1H3. The third-order valence-electron chi connectivity index (χ3n) is 3.68. The normalized spacial score (nSPS) is 11.0. The van der Waals surface area contributed by atoms with Crippen LogP contribution in [0.2, 0.25) is 0 Å². The monoisotopic (exact) mass is 410 g/mol. The Morgan fingerprint density at radius 3 is 2.96 bits per heavy atom. The number of fused-ring (bicyclic) bond motifs is 1. The summed E-state index contributed by atoms with van der Waals surface area (Å²) in [7, 11) is 0. The lowest BCUT2D eigenvalue weighted by Crippen LogP contribution is -2.22. The Hall–Kier alpha value is -2.98. The van der Waals surface area contributed by atoms with Gasteiger partial charge >= 0.3 is 0 Å². The van der Waals surface area contributed by atoms with E-state index in [4.69, 9.17) is 10.00 Å². The Morgan fingerprint density at radius 2 is 2.19 bits per heavy atom. The van der Waals surface area contributed by atoms with E-state index < -0.39 is 0 Å². The zero-order valence-electron chi connectivity index (χ0n) is 14.0. The van der Waals surface area contributed by atoms with Gasteiger partial charge in [-0.15, -0.1) is 0 Å². The molecule has 0 atom stereocenters. The summed E-state index contributed by atoms with van der Waals surface area (Å²) >= 11 is 3.38. The highest BCUT2D eigenvalue weighted by molar-refractivity contribution is 9.10. The van der Waals surface area contributed by atoms with Crippen molar-refractivity contribution in [3.63, 3.8) is 0 Å². The minimum absolute atomic E-state index is 0.0243. The first kappa shape index (κ1) is 17.8. The number of hydrogen-bond acceptors (Lipinski definition) is 5. The van der Waals surface area contributed by atoms with E-state index in [9.17, 15) is 4.79 Å². The average Bonchev–Trinajstić information content (AvgIpc) is 2.66. The first-order valence-corrected chi connectivity index (χ1v) is 8.77. The molecule has 0 aliphatic heterocycles. The molecule has 3 rings (SSSR count). The summed E-state index contributed by atoms with van der Waals surface area (Å²) in [6.45, 7) is 1.90. The lowest BCUT2D eigenvalue weighted by Gasteiger charge is -2.08. The summed E-state index contributed by atoms with van der Waals surface area (Å²) < 4.78 is 7.41. The molecule has 2 aromatic carbocycles. The molecule has 0 amide bonds. The Balaban J connectivity index is 2.03. The minimum Gasteiger partial charge on any atom is -0.479 e. The lowest BCUT2D eigenvalue weighted by atomic mass is 10.2. The second-order valence-electron chi connectivity index (χ2n) is 5.42. The number of ether oxygens (including phenoxy) is 1. The summed E-state index contributed by atoms with van der Waals surface area (Å²) in [4.78, 5) is 17.4. The lowest BCUT2D eigenvalue weighted by molar-refractivity contribution is 0.368. The van der Waals surface area contributed by atoms with Crippen LogP contribution in [-0.2, 0) is 6.42 Å². The zero-order chi connectivity index (χ0) is 18.5. The van der Waals surface area contributed by atoms with Crippen molar-refractivity contribution in [3.8, 4) is 11.8 Å². The number of benzene rings is 2. The summed E-state index contributed by atoms with van der Waals surface area (Å²) in [6, 6.07) is 14.5. The molecular weight excluding hydrogens is 396 g/mol. The molecule has 0 radical (unpaired) electrons. The van der Waals surface area contributed by atoms with Crippen LogP contribution in [0.1, 0.15) is 18.3 Å². The summed E-state index contributed by atoms with van der Waals surface area (Å²) in [5, 5.41) is 13.4. The molecule has 0 saturated carbocycles. The molecule has 130 valence electrons. The summed E-state index contributed by atoms with van der Waals surface area (Å²) in [6.07, 6.45) is 2.15. The van der Waals surface area contributed by atoms with Crippen LogP contribution in [0, 0.1) is 11.3 Å². The summed E-state index contributed by atoms with van der Waals surface area (Å²) in [5.74, 6) is 1.15. The Morgan fingerprint density at radius 1 is 1.35 bits per heavy atom. The van der Waals surface area contributed by atoms with Crippen LogP contribution >= 0.6 is 15.9 Å². The van der Waals surface area contributed by atoms with Gasteiger partial charge in [-0.3, -0.25) is 4.79 Å². The largest absolute Gasteiger partial charge is 0.479 e. The maximum Gasteiger partial charge on any atom is 0.282 e. The van der Waals surface area contributed by atoms with Crippen LogP contribution in [0.15, 0.2) is 56.8 Å². The van der Waals surface area contributed by atoms with Crippen molar-refractivity contribution in [2.75, 3.05) is 6.61 Å². The number of hydrogen-bond donors (Lipinski definition) is 0. The predicted molar refractivity (Wildman–Crippen MR) is 104 cm³/mol. The molecule has 0 N–H and O–H groups in total. The zero-order valence-corrected chi connectivity index (χ0v) is 15.6. The fraction of sp³-hybridized carbons (Fsp3) is 0.158. The third-order valence-corrected chi connectivity index (χ3v) is 4.17. The van der Waals surface area contributed by atoms with Gasteiger partial charge < -0.3 is 4.74 Å². The molecule has 0 spiro atoms. The van der Waals surface area contributed by atoms with E-state index in [-0.39, 0.29) is 12.2 Å². The van der Waals surface area contributed by atoms with Gasteiger partial charge in [-0.05, 0) is 35.9 Å².